The summed E-state index contributed by atoms with van der Waals surface area (Å²) in [6.45, 7) is 4.46. The Labute approximate surface area is 111 Å². The Morgan fingerprint density at radius 3 is 2.36 bits per heavy atom. The van der Waals surface area contributed by atoms with Crippen molar-refractivity contribution in [1.82, 2.24) is 9.80 Å². The maximum Gasteiger partial charge on any atom is 0.567 e. The smallest absolute Gasteiger partial charge is 0.352 e. The number of carbonyl (C=O) groups excluding carboxylic acids is 1. The molecule has 0 spiro atoms. The number of piperidine rings is 1. The van der Waals surface area contributed by atoms with E-state index >= 15 is 0 Å². The van der Waals surface area contributed by atoms with E-state index in [0.29, 0.717) is 10.8 Å². The van der Waals surface area contributed by atoms with E-state index in [0.717, 1.165) is 13.1 Å². The summed E-state index contributed by atoms with van der Waals surface area (Å²) in [6.07, 6.45) is 2.39. The minimum Gasteiger partial charge on any atom is -0.352 e. The zero-order valence-corrected chi connectivity index (χ0v) is 13.4. The molecular formula is C8H13AlI2N2O. The second-order valence-corrected chi connectivity index (χ2v) is 19.6. The van der Waals surface area contributed by atoms with Crippen LogP contribution in [0.4, 0.5) is 4.79 Å². The van der Waals surface area contributed by atoms with Crippen molar-refractivity contribution < 1.29 is 4.79 Å². The predicted molar refractivity (Wildman–Crippen MR) is 75.4 cm³/mol. The number of amides is 1. The monoisotopic (exact) mass is 434 g/mol. The lowest BCUT2D eigenvalue weighted by atomic mass is 10.1. The second-order valence-electron chi connectivity index (χ2n) is 3.91. The maximum atomic E-state index is 12.0. The van der Waals surface area contributed by atoms with Crippen LogP contribution in [0, 0.1) is 0 Å². The highest BCUT2D eigenvalue weighted by Gasteiger charge is 2.35. The Morgan fingerprint density at radius 1 is 1.14 bits per heavy atom. The lowest BCUT2D eigenvalue weighted by Crippen LogP contribution is -2.44. The van der Waals surface area contributed by atoms with Crippen LogP contribution >= 0.6 is 40.5 Å². The molecule has 0 aromatic heterocycles. The molecule has 0 aromatic rings. The topological polar surface area (TPSA) is 23.6 Å². The number of nitrogens with zero attached hydrogens (tertiary/aromatic N) is 2. The Balaban J connectivity index is 2.07. The molecule has 3 aliphatic rings. The van der Waals surface area contributed by atoms with E-state index in [1.807, 2.05) is 0 Å². The Hall–Kier alpha value is 1.42. The van der Waals surface area contributed by atoms with Crippen molar-refractivity contribution in [2.45, 2.75) is 18.9 Å². The van der Waals surface area contributed by atoms with Crippen LogP contribution in [0.3, 0.4) is 0 Å². The van der Waals surface area contributed by atoms with E-state index in [4.69, 9.17) is 0 Å². The summed E-state index contributed by atoms with van der Waals surface area (Å²) in [4.78, 5) is 16.6. The molecule has 0 aliphatic carbocycles. The highest BCUT2D eigenvalue weighted by molar-refractivity contribution is 14.3. The number of halogens is 2. The van der Waals surface area contributed by atoms with Crippen molar-refractivity contribution in [2.75, 3.05) is 26.2 Å². The van der Waals surface area contributed by atoms with Gasteiger partial charge in [-0.2, -0.15) is 40.5 Å². The fraction of sp³-hybridized carbons (Fsp3) is 0.875. The first-order valence-electron chi connectivity index (χ1n) is 4.99. The third-order valence-electron chi connectivity index (χ3n) is 3.12. The highest BCUT2D eigenvalue weighted by Crippen LogP contribution is 2.23. The summed E-state index contributed by atoms with van der Waals surface area (Å²) < 4.78 is 0.458. The van der Waals surface area contributed by atoms with Crippen LogP contribution in [0.5, 0.6) is 0 Å². The minimum absolute atomic E-state index is 0.458. The molecule has 2 bridgehead atoms. The Kier molecular flexibility index (Phi) is 4.39. The highest BCUT2D eigenvalue weighted by atomic mass is 127. The first-order valence-corrected chi connectivity index (χ1v) is 13.9. The van der Waals surface area contributed by atoms with Crippen LogP contribution in [-0.2, 0) is 0 Å². The SMILES string of the molecule is O=[C](N1CCN2CCC1CC2)[Al]([I])[I]. The average molecular weight is 434 g/mol. The summed E-state index contributed by atoms with van der Waals surface area (Å²) in [5.41, 5.74) is 0. The van der Waals surface area contributed by atoms with Crippen LogP contribution in [-0.4, -0.2) is 54.4 Å². The number of rotatable bonds is 1. The van der Waals surface area contributed by atoms with Crippen LogP contribution in [0.25, 0.3) is 0 Å². The number of hydrogen-bond acceptors (Lipinski definition) is 2. The molecule has 0 aromatic carbocycles. The quantitative estimate of drug-likeness (QED) is 0.465. The molecule has 14 heavy (non-hydrogen) atoms. The number of carbonyl (C=O) groups is 1. The molecule has 0 unspecified atom stereocenters. The summed E-state index contributed by atoms with van der Waals surface area (Å²) in [5, 5.41) is 0. The van der Waals surface area contributed by atoms with Gasteiger partial charge >= 0.3 is 7.58 Å². The number of hydrogen-bond donors (Lipinski definition) is 0. The van der Waals surface area contributed by atoms with Gasteiger partial charge in [-0.25, -0.2) is 0 Å². The molecule has 78 valence electrons. The van der Waals surface area contributed by atoms with Gasteiger partial charge in [0.15, 0.2) is 4.77 Å². The minimum atomic E-state index is -1.18. The van der Waals surface area contributed by atoms with Gasteiger partial charge in [0.05, 0.1) is 0 Å². The third-order valence-corrected chi connectivity index (χ3v) is 7.03. The maximum absolute atomic E-state index is 12.0. The van der Waals surface area contributed by atoms with E-state index in [-0.39, 0.29) is 0 Å². The fourth-order valence-electron chi connectivity index (χ4n) is 2.30. The molecule has 6 heteroatoms. The second kappa shape index (κ2) is 5.17. The van der Waals surface area contributed by atoms with Gasteiger partial charge < -0.3 is 9.80 Å². The average Bonchev–Trinajstić information content (AvgIpc) is 2.49. The molecule has 3 aliphatic heterocycles. The van der Waals surface area contributed by atoms with E-state index in [1.54, 1.807) is 0 Å². The standard InChI is InChI=1S/C8H13N2O.Al.2HI/c11-7-10-6-5-9-3-1-8(10)2-4-9;;;/h8H,1-6H2;;2*1H/q;+2;;/p-2. The largest absolute Gasteiger partial charge is 0.567 e. The molecule has 3 saturated heterocycles. The van der Waals surface area contributed by atoms with Crippen molar-refractivity contribution >= 4 is 52.9 Å². The molecule has 3 rings (SSSR count). The Morgan fingerprint density at radius 2 is 1.79 bits per heavy atom. The molecule has 0 radical (unpaired) electrons. The number of fused-ring (bicyclic) bond motifs is 4. The van der Waals surface area contributed by atoms with E-state index in [9.17, 15) is 4.79 Å². The van der Waals surface area contributed by atoms with Crippen molar-refractivity contribution in [3.8, 4) is 0 Å². The molecule has 0 atom stereocenters. The lowest BCUT2D eigenvalue weighted by Gasteiger charge is -2.31. The van der Waals surface area contributed by atoms with Crippen LogP contribution in [0.1, 0.15) is 12.8 Å². The van der Waals surface area contributed by atoms with Gasteiger partial charge in [-0.15, -0.1) is 0 Å². The summed E-state index contributed by atoms with van der Waals surface area (Å²) >= 11 is 4.69. The summed E-state index contributed by atoms with van der Waals surface area (Å²) in [5.74, 6) is 0. The normalized spacial score (nSPS) is 31.4. The fourth-order valence-corrected chi connectivity index (χ4v) is 5.04. The van der Waals surface area contributed by atoms with Gasteiger partial charge in [0, 0.05) is 32.2 Å². The van der Waals surface area contributed by atoms with Crippen molar-refractivity contribution in [3.05, 3.63) is 0 Å². The van der Waals surface area contributed by atoms with Gasteiger partial charge in [0.1, 0.15) is 0 Å². The van der Waals surface area contributed by atoms with E-state index in [1.165, 1.54) is 25.9 Å². The Bertz CT molecular complexity index is 231. The van der Waals surface area contributed by atoms with Crippen molar-refractivity contribution in [2.24, 2.45) is 0 Å². The van der Waals surface area contributed by atoms with Gasteiger partial charge in [0.25, 0.3) is 0 Å². The molecule has 3 heterocycles. The molecule has 1 amide bonds. The van der Waals surface area contributed by atoms with Gasteiger partial charge in [-0.05, 0) is 12.8 Å². The zero-order chi connectivity index (χ0) is 10.1. The van der Waals surface area contributed by atoms with Crippen LogP contribution in [0.15, 0.2) is 0 Å². The van der Waals surface area contributed by atoms with Gasteiger partial charge in [-0.1, -0.05) is 0 Å². The first kappa shape index (κ1) is 11.9. The summed E-state index contributed by atoms with van der Waals surface area (Å²) in [7, 11) is -1.18. The molecular weight excluding hydrogens is 421 g/mol. The summed E-state index contributed by atoms with van der Waals surface area (Å²) in [6, 6.07) is 0.556. The zero-order valence-electron chi connectivity index (χ0n) is 7.96. The van der Waals surface area contributed by atoms with Gasteiger partial charge in [-0.3, -0.25) is 4.79 Å². The van der Waals surface area contributed by atoms with Crippen molar-refractivity contribution in [1.29, 1.82) is 0 Å². The molecule has 0 saturated carbocycles. The van der Waals surface area contributed by atoms with Crippen molar-refractivity contribution in [3.63, 3.8) is 0 Å². The molecule has 0 N–H and O–H groups in total. The van der Waals surface area contributed by atoms with Gasteiger partial charge in [0.2, 0.25) is 0 Å². The van der Waals surface area contributed by atoms with E-state index < -0.39 is 7.58 Å². The first-order chi connectivity index (χ1) is 6.68. The molecule has 3 fully saturated rings. The lowest BCUT2D eigenvalue weighted by molar-refractivity contribution is 0.190. The van der Waals surface area contributed by atoms with E-state index in [2.05, 4.69) is 50.3 Å². The predicted octanol–water partition coefficient (Wildman–Crippen LogP) is 1.83. The van der Waals surface area contributed by atoms with Crippen LogP contribution < -0.4 is 0 Å². The molecule has 3 nitrogen and oxygen atoms in total. The third kappa shape index (κ3) is 2.56. The van der Waals surface area contributed by atoms with Crippen LogP contribution in [0.2, 0.25) is 0 Å².